The molecule has 0 bridgehead atoms. The van der Waals surface area contributed by atoms with Crippen molar-refractivity contribution < 1.29 is 0 Å². The van der Waals surface area contributed by atoms with Gasteiger partial charge in [0.2, 0.25) is 0 Å². The molecule has 0 N–H and O–H groups in total. The topological polar surface area (TPSA) is 23.8 Å². The molecule has 0 spiro atoms. The monoisotopic (exact) mass is 193 g/mol. The number of hydrogen-bond acceptors (Lipinski definition) is 1. The first-order valence-electron chi connectivity index (χ1n) is 6.28. The van der Waals surface area contributed by atoms with Crippen molar-refractivity contribution in [2.75, 3.05) is 0 Å². The van der Waals surface area contributed by atoms with E-state index in [1.807, 2.05) is 0 Å². The van der Waals surface area contributed by atoms with E-state index in [4.69, 9.17) is 5.26 Å². The fourth-order valence-electron chi connectivity index (χ4n) is 2.56. The normalized spacial score (nSPS) is 27.1. The lowest BCUT2D eigenvalue weighted by atomic mass is 9.77. The SMILES string of the molecule is CCCCCCC1CCCCC1C#N. The fraction of sp³-hybridized carbons (Fsp3) is 0.923. The molecule has 0 radical (unpaired) electrons. The van der Waals surface area contributed by atoms with E-state index in [-0.39, 0.29) is 0 Å². The van der Waals surface area contributed by atoms with Crippen LogP contribution in [-0.4, -0.2) is 0 Å². The van der Waals surface area contributed by atoms with E-state index in [0.717, 1.165) is 12.3 Å². The number of unbranched alkanes of at least 4 members (excludes halogenated alkanes) is 3. The van der Waals surface area contributed by atoms with Crippen LogP contribution in [0.15, 0.2) is 0 Å². The Balaban J connectivity index is 2.17. The Morgan fingerprint density at radius 3 is 2.64 bits per heavy atom. The fourth-order valence-corrected chi connectivity index (χ4v) is 2.56. The van der Waals surface area contributed by atoms with Crippen LogP contribution in [-0.2, 0) is 0 Å². The van der Waals surface area contributed by atoms with Gasteiger partial charge in [-0.25, -0.2) is 0 Å². The van der Waals surface area contributed by atoms with Crippen molar-refractivity contribution in [3.8, 4) is 6.07 Å². The highest BCUT2D eigenvalue weighted by Crippen LogP contribution is 2.33. The average Bonchev–Trinajstić information content (AvgIpc) is 2.25. The molecule has 0 heterocycles. The van der Waals surface area contributed by atoms with Crippen LogP contribution in [0.25, 0.3) is 0 Å². The van der Waals surface area contributed by atoms with Gasteiger partial charge >= 0.3 is 0 Å². The van der Waals surface area contributed by atoms with Gasteiger partial charge in [0.05, 0.1) is 6.07 Å². The molecule has 80 valence electrons. The predicted octanol–water partition coefficient (Wildman–Crippen LogP) is 4.29. The van der Waals surface area contributed by atoms with Crippen LogP contribution >= 0.6 is 0 Å². The van der Waals surface area contributed by atoms with Gasteiger partial charge in [0, 0.05) is 5.92 Å². The highest BCUT2D eigenvalue weighted by Gasteiger charge is 2.23. The van der Waals surface area contributed by atoms with Crippen LogP contribution in [0.1, 0.15) is 64.7 Å². The van der Waals surface area contributed by atoms with Gasteiger partial charge in [0.15, 0.2) is 0 Å². The van der Waals surface area contributed by atoms with Gasteiger partial charge in [0.25, 0.3) is 0 Å². The lowest BCUT2D eigenvalue weighted by Gasteiger charge is -2.26. The standard InChI is InChI=1S/C13H23N/c1-2-3-4-5-8-12-9-6-7-10-13(12)11-14/h12-13H,2-10H2,1H3. The minimum absolute atomic E-state index is 0.380. The number of nitrogens with zero attached hydrogens (tertiary/aromatic N) is 1. The van der Waals surface area contributed by atoms with Gasteiger partial charge in [-0.1, -0.05) is 45.4 Å². The summed E-state index contributed by atoms with van der Waals surface area (Å²) in [6, 6.07) is 2.49. The van der Waals surface area contributed by atoms with Gasteiger partial charge in [-0.15, -0.1) is 0 Å². The van der Waals surface area contributed by atoms with Crippen LogP contribution in [0.5, 0.6) is 0 Å². The molecule has 1 heteroatoms. The number of nitriles is 1. The Morgan fingerprint density at radius 2 is 1.93 bits per heavy atom. The average molecular weight is 193 g/mol. The van der Waals surface area contributed by atoms with Crippen LogP contribution < -0.4 is 0 Å². The maximum Gasteiger partial charge on any atom is 0.0658 e. The Morgan fingerprint density at radius 1 is 1.14 bits per heavy atom. The maximum atomic E-state index is 9.01. The first kappa shape index (κ1) is 11.6. The van der Waals surface area contributed by atoms with Crippen LogP contribution in [0.4, 0.5) is 0 Å². The van der Waals surface area contributed by atoms with Crippen LogP contribution in [0.2, 0.25) is 0 Å². The number of rotatable bonds is 5. The minimum Gasteiger partial charge on any atom is -0.198 e. The molecule has 1 saturated carbocycles. The third-order valence-electron chi connectivity index (χ3n) is 3.50. The summed E-state index contributed by atoms with van der Waals surface area (Å²) in [6.07, 6.45) is 11.8. The Bertz CT molecular complexity index is 180. The second kappa shape index (κ2) is 6.87. The zero-order chi connectivity index (χ0) is 10.2. The molecular weight excluding hydrogens is 170 g/mol. The molecule has 0 aromatic heterocycles. The summed E-state index contributed by atoms with van der Waals surface area (Å²) in [5.74, 6) is 1.11. The van der Waals surface area contributed by atoms with Crippen LogP contribution in [0.3, 0.4) is 0 Å². The molecule has 1 fully saturated rings. The van der Waals surface area contributed by atoms with E-state index in [0.29, 0.717) is 5.92 Å². The smallest absolute Gasteiger partial charge is 0.0658 e. The molecule has 0 saturated heterocycles. The summed E-state index contributed by atoms with van der Waals surface area (Å²) in [6.45, 7) is 2.25. The quantitative estimate of drug-likeness (QED) is 0.598. The molecule has 1 nitrogen and oxygen atoms in total. The van der Waals surface area contributed by atoms with Crippen LogP contribution in [0, 0.1) is 23.2 Å². The zero-order valence-electron chi connectivity index (χ0n) is 9.47. The van der Waals surface area contributed by atoms with Crippen molar-refractivity contribution in [3.05, 3.63) is 0 Å². The van der Waals surface area contributed by atoms with Gasteiger partial charge < -0.3 is 0 Å². The van der Waals surface area contributed by atoms with Gasteiger partial charge in [-0.05, 0) is 25.2 Å². The van der Waals surface area contributed by atoms with Crippen molar-refractivity contribution in [2.24, 2.45) is 11.8 Å². The molecule has 2 atom stereocenters. The maximum absolute atomic E-state index is 9.01. The molecule has 1 aliphatic rings. The van der Waals surface area contributed by atoms with E-state index in [1.54, 1.807) is 0 Å². The summed E-state index contributed by atoms with van der Waals surface area (Å²) in [5, 5.41) is 9.01. The van der Waals surface area contributed by atoms with Gasteiger partial charge in [-0.2, -0.15) is 5.26 Å². The molecule has 0 amide bonds. The zero-order valence-corrected chi connectivity index (χ0v) is 9.47. The molecule has 0 aliphatic heterocycles. The van der Waals surface area contributed by atoms with Crippen molar-refractivity contribution in [3.63, 3.8) is 0 Å². The third kappa shape index (κ3) is 3.70. The molecule has 1 aliphatic carbocycles. The second-order valence-corrected chi connectivity index (χ2v) is 4.63. The first-order chi connectivity index (χ1) is 6.88. The molecule has 0 aromatic rings. The lowest BCUT2D eigenvalue weighted by Crippen LogP contribution is -2.17. The van der Waals surface area contributed by atoms with E-state index < -0.39 is 0 Å². The van der Waals surface area contributed by atoms with Gasteiger partial charge in [-0.3, -0.25) is 0 Å². The summed E-state index contributed by atoms with van der Waals surface area (Å²) in [7, 11) is 0. The van der Waals surface area contributed by atoms with E-state index in [2.05, 4.69) is 13.0 Å². The molecular formula is C13H23N. The molecule has 14 heavy (non-hydrogen) atoms. The Labute approximate surface area is 88.5 Å². The van der Waals surface area contributed by atoms with Gasteiger partial charge in [0.1, 0.15) is 0 Å². The summed E-state index contributed by atoms with van der Waals surface area (Å²) in [5.41, 5.74) is 0. The molecule has 2 unspecified atom stereocenters. The van der Waals surface area contributed by atoms with Crippen molar-refractivity contribution in [1.82, 2.24) is 0 Å². The van der Waals surface area contributed by atoms with Crippen molar-refractivity contribution in [1.29, 1.82) is 5.26 Å². The number of hydrogen-bond donors (Lipinski definition) is 0. The predicted molar refractivity (Wildman–Crippen MR) is 59.8 cm³/mol. The minimum atomic E-state index is 0.380. The Hall–Kier alpha value is -0.510. The summed E-state index contributed by atoms with van der Waals surface area (Å²) >= 11 is 0. The van der Waals surface area contributed by atoms with Crippen molar-refractivity contribution >= 4 is 0 Å². The molecule has 1 rings (SSSR count). The van der Waals surface area contributed by atoms with Crippen molar-refractivity contribution in [2.45, 2.75) is 64.7 Å². The van der Waals surface area contributed by atoms with E-state index in [1.165, 1.54) is 51.4 Å². The Kier molecular flexibility index (Phi) is 5.68. The lowest BCUT2D eigenvalue weighted by molar-refractivity contribution is 0.267. The van der Waals surface area contributed by atoms with E-state index >= 15 is 0 Å². The largest absolute Gasteiger partial charge is 0.198 e. The second-order valence-electron chi connectivity index (χ2n) is 4.63. The summed E-state index contributed by atoms with van der Waals surface area (Å²) in [4.78, 5) is 0. The summed E-state index contributed by atoms with van der Waals surface area (Å²) < 4.78 is 0. The molecule has 0 aromatic carbocycles. The highest BCUT2D eigenvalue weighted by molar-refractivity contribution is 4.90. The third-order valence-corrected chi connectivity index (χ3v) is 3.50. The van der Waals surface area contributed by atoms with E-state index in [9.17, 15) is 0 Å². The highest BCUT2D eigenvalue weighted by atomic mass is 14.3. The first-order valence-corrected chi connectivity index (χ1v) is 6.28.